The lowest BCUT2D eigenvalue weighted by molar-refractivity contribution is -0.119. The zero-order chi connectivity index (χ0) is 25.4. The molecule has 1 N–H and O–H groups in total. The van der Waals surface area contributed by atoms with Crippen LogP contribution in [0.25, 0.3) is 11.2 Å². The van der Waals surface area contributed by atoms with Gasteiger partial charge in [0.15, 0.2) is 5.65 Å². The van der Waals surface area contributed by atoms with Gasteiger partial charge in [0.2, 0.25) is 5.91 Å². The standard InChI is InChI=1S/C26H33Cl2N7O/c1-16-25-26(35(32-16)17(2)22-7-6-21(27)11-23(22)28)31-24(12-30-25)34-14-20(15-34)19-5-4-9-33(13-19)10-8-29-18(3)36/h6-7,11-12,17,19-20H,4-5,8-10,13-15H2,1-3H3,(H,29,36)/t17-,19-/m1/s1. The monoisotopic (exact) mass is 529 g/mol. The quantitative estimate of drug-likeness (QED) is 0.490. The number of aryl methyl sites for hydroxylation is 1. The summed E-state index contributed by atoms with van der Waals surface area (Å²) in [7, 11) is 0. The molecule has 2 fully saturated rings. The van der Waals surface area contributed by atoms with Crippen LogP contribution in [-0.2, 0) is 4.79 Å². The summed E-state index contributed by atoms with van der Waals surface area (Å²) in [5.74, 6) is 2.28. The van der Waals surface area contributed by atoms with Gasteiger partial charge in [0, 0.05) is 49.7 Å². The summed E-state index contributed by atoms with van der Waals surface area (Å²) < 4.78 is 1.92. The number of hydrogen-bond acceptors (Lipinski definition) is 6. The molecule has 0 unspecified atom stereocenters. The van der Waals surface area contributed by atoms with Gasteiger partial charge in [-0.2, -0.15) is 5.10 Å². The maximum Gasteiger partial charge on any atom is 0.216 e. The number of halogens is 2. The third kappa shape index (κ3) is 5.17. The molecule has 0 spiro atoms. The Morgan fingerprint density at radius 2 is 2.03 bits per heavy atom. The molecular weight excluding hydrogens is 497 g/mol. The number of nitrogens with zero attached hydrogens (tertiary/aromatic N) is 6. The van der Waals surface area contributed by atoms with E-state index in [9.17, 15) is 4.79 Å². The van der Waals surface area contributed by atoms with Crippen molar-refractivity contribution in [2.45, 2.75) is 39.7 Å². The molecule has 2 aliphatic heterocycles. The number of aromatic nitrogens is 4. The summed E-state index contributed by atoms with van der Waals surface area (Å²) in [5, 5.41) is 8.90. The van der Waals surface area contributed by atoms with Crippen LogP contribution in [0.2, 0.25) is 10.0 Å². The zero-order valence-corrected chi connectivity index (χ0v) is 22.6. The van der Waals surface area contributed by atoms with E-state index in [0.29, 0.717) is 21.9 Å². The molecule has 2 aromatic heterocycles. The third-order valence-electron chi connectivity index (χ3n) is 7.58. The van der Waals surface area contributed by atoms with Crippen molar-refractivity contribution in [2.24, 2.45) is 11.8 Å². The highest BCUT2D eigenvalue weighted by atomic mass is 35.5. The summed E-state index contributed by atoms with van der Waals surface area (Å²) >= 11 is 12.6. The van der Waals surface area contributed by atoms with Gasteiger partial charge in [0.05, 0.1) is 17.9 Å². The van der Waals surface area contributed by atoms with Crippen LogP contribution in [0.5, 0.6) is 0 Å². The molecule has 0 radical (unpaired) electrons. The number of rotatable bonds is 7. The number of carbonyl (C=O) groups is 1. The van der Waals surface area contributed by atoms with Crippen LogP contribution in [-0.4, -0.2) is 69.8 Å². The van der Waals surface area contributed by atoms with Crippen molar-refractivity contribution < 1.29 is 4.79 Å². The maximum absolute atomic E-state index is 11.2. The van der Waals surface area contributed by atoms with Gasteiger partial charge in [-0.1, -0.05) is 29.3 Å². The van der Waals surface area contributed by atoms with E-state index in [-0.39, 0.29) is 11.9 Å². The molecule has 3 aromatic rings. The molecular formula is C26H33Cl2N7O. The Labute approximate surface area is 222 Å². The van der Waals surface area contributed by atoms with E-state index in [1.807, 2.05) is 29.9 Å². The summed E-state index contributed by atoms with van der Waals surface area (Å²) in [6, 6.07) is 5.45. The maximum atomic E-state index is 11.2. The van der Waals surface area contributed by atoms with E-state index < -0.39 is 0 Å². The first-order chi connectivity index (χ1) is 17.3. The van der Waals surface area contributed by atoms with Gasteiger partial charge in [-0.3, -0.25) is 4.79 Å². The van der Waals surface area contributed by atoms with Gasteiger partial charge < -0.3 is 15.1 Å². The first kappa shape index (κ1) is 25.2. The van der Waals surface area contributed by atoms with E-state index in [0.717, 1.165) is 67.5 Å². The Kier molecular flexibility index (Phi) is 7.37. The summed E-state index contributed by atoms with van der Waals surface area (Å²) in [6.07, 6.45) is 4.36. The summed E-state index contributed by atoms with van der Waals surface area (Å²) in [5.41, 5.74) is 3.38. The number of piperidine rings is 1. The average molecular weight is 531 g/mol. The highest BCUT2D eigenvalue weighted by Gasteiger charge is 2.36. The van der Waals surface area contributed by atoms with Crippen molar-refractivity contribution in [3.8, 4) is 0 Å². The molecule has 2 saturated heterocycles. The third-order valence-corrected chi connectivity index (χ3v) is 8.15. The van der Waals surface area contributed by atoms with Gasteiger partial charge in [0.1, 0.15) is 11.3 Å². The van der Waals surface area contributed by atoms with Gasteiger partial charge in [-0.05, 0) is 62.8 Å². The van der Waals surface area contributed by atoms with Crippen molar-refractivity contribution in [2.75, 3.05) is 44.2 Å². The predicted octanol–water partition coefficient (Wildman–Crippen LogP) is 4.34. The van der Waals surface area contributed by atoms with E-state index in [2.05, 4.69) is 22.0 Å². The number of benzene rings is 1. The molecule has 0 aliphatic carbocycles. The number of anilines is 1. The number of fused-ring (bicyclic) bond motifs is 1. The minimum Gasteiger partial charge on any atom is -0.355 e. The molecule has 0 saturated carbocycles. The highest BCUT2D eigenvalue weighted by Crippen LogP contribution is 2.35. The molecule has 4 heterocycles. The second-order valence-corrected chi connectivity index (χ2v) is 11.0. The fourth-order valence-electron chi connectivity index (χ4n) is 5.50. The second-order valence-electron chi connectivity index (χ2n) is 10.1. The molecule has 0 bridgehead atoms. The first-order valence-corrected chi connectivity index (χ1v) is 13.4. The fourth-order valence-corrected chi connectivity index (χ4v) is 6.07. The number of hydrogen-bond donors (Lipinski definition) is 1. The number of carbonyl (C=O) groups excluding carboxylic acids is 1. The topological polar surface area (TPSA) is 79.2 Å². The number of likely N-dealkylation sites (tertiary alicyclic amines) is 1. The van der Waals surface area contributed by atoms with Gasteiger partial charge in [-0.15, -0.1) is 0 Å². The van der Waals surface area contributed by atoms with Crippen molar-refractivity contribution in [1.82, 2.24) is 30.0 Å². The zero-order valence-electron chi connectivity index (χ0n) is 21.0. The fraction of sp³-hybridized carbons (Fsp3) is 0.538. The van der Waals surface area contributed by atoms with E-state index in [4.69, 9.17) is 38.3 Å². The Morgan fingerprint density at radius 3 is 2.78 bits per heavy atom. The smallest absolute Gasteiger partial charge is 0.216 e. The van der Waals surface area contributed by atoms with Crippen LogP contribution < -0.4 is 10.2 Å². The lowest BCUT2D eigenvalue weighted by atomic mass is 9.80. The van der Waals surface area contributed by atoms with E-state index in [1.54, 1.807) is 13.0 Å². The van der Waals surface area contributed by atoms with Crippen LogP contribution in [0.4, 0.5) is 5.82 Å². The minimum absolute atomic E-state index is 0.0402. The molecule has 1 aromatic carbocycles. The van der Waals surface area contributed by atoms with Crippen molar-refractivity contribution in [3.63, 3.8) is 0 Å². The van der Waals surface area contributed by atoms with Crippen LogP contribution >= 0.6 is 23.2 Å². The lowest BCUT2D eigenvalue weighted by Gasteiger charge is -2.47. The first-order valence-electron chi connectivity index (χ1n) is 12.7. The largest absolute Gasteiger partial charge is 0.355 e. The van der Waals surface area contributed by atoms with Gasteiger partial charge in [-0.25, -0.2) is 14.6 Å². The molecule has 2 aliphatic rings. The molecule has 10 heteroatoms. The lowest BCUT2D eigenvalue weighted by Crippen LogP contribution is -2.54. The number of nitrogens with one attached hydrogen (secondary N) is 1. The van der Waals surface area contributed by atoms with Crippen molar-refractivity contribution in [1.29, 1.82) is 0 Å². The minimum atomic E-state index is -0.106. The number of amides is 1. The Balaban J connectivity index is 1.27. The molecule has 5 rings (SSSR count). The van der Waals surface area contributed by atoms with Crippen LogP contribution in [0.15, 0.2) is 24.4 Å². The van der Waals surface area contributed by atoms with Gasteiger partial charge >= 0.3 is 0 Å². The van der Waals surface area contributed by atoms with Gasteiger partial charge in [0.25, 0.3) is 0 Å². The molecule has 192 valence electrons. The average Bonchev–Trinajstić information content (AvgIpc) is 3.14. The van der Waals surface area contributed by atoms with Crippen LogP contribution in [0.3, 0.4) is 0 Å². The van der Waals surface area contributed by atoms with E-state index in [1.165, 1.54) is 12.8 Å². The molecule has 1 amide bonds. The Hall–Kier alpha value is -2.42. The Morgan fingerprint density at radius 1 is 1.22 bits per heavy atom. The second kappa shape index (κ2) is 10.5. The van der Waals surface area contributed by atoms with E-state index >= 15 is 0 Å². The van der Waals surface area contributed by atoms with Crippen LogP contribution in [0.1, 0.15) is 44.0 Å². The summed E-state index contributed by atoms with van der Waals surface area (Å²) in [6.45, 7) is 11.5. The van der Waals surface area contributed by atoms with Crippen LogP contribution in [0, 0.1) is 18.8 Å². The molecule has 2 atom stereocenters. The summed E-state index contributed by atoms with van der Waals surface area (Å²) in [4.78, 5) is 25.7. The molecule has 36 heavy (non-hydrogen) atoms. The SMILES string of the molecule is CC(=O)NCCN1CCC[C@@H](C2CN(c3cnc4c(C)nn([C@H](C)c5ccc(Cl)cc5Cl)c4n3)C2)C1. The van der Waals surface area contributed by atoms with Crippen molar-refractivity contribution in [3.05, 3.63) is 45.7 Å². The predicted molar refractivity (Wildman–Crippen MR) is 144 cm³/mol. The molecule has 8 nitrogen and oxygen atoms in total. The van der Waals surface area contributed by atoms with Crippen molar-refractivity contribution >= 4 is 46.1 Å². The normalized spacial score (nSPS) is 19.9. The highest BCUT2D eigenvalue weighted by molar-refractivity contribution is 6.35. The Bertz CT molecular complexity index is 1260.